The number of hydrogen-bond donors (Lipinski definition) is 1. The Labute approximate surface area is 117 Å². The quantitative estimate of drug-likeness (QED) is 0.704. The highest BCUT2D eigenvalue weighted by Gasteiger charge is 2.30. The maximum atomic E-state index is 12.5. The Hall–Kier alpha value is -0.870. The number of nitrogens with zero attached hydrogens (tertiary/aromatic N) is 2. The lowest BCUT2D eigenvalue weighted by molar-refractivity contribution is -0.136. The predicted octanol–water partition coefficient (Wildman–Crippen LogP) is 1.20. The van der Waals surface area contributed by atoms with Crippen LogP contribution in [0.25, 0.3) is 0 Å². The summed E-state index contributed by atoms with van der Waals surface area (Å²) in [5.41, 5.74) is 0. The Morgan fingerprint density at radius 2 is 1.89 bits per heavy atom. The average molecular weight is 267 g/mol. The standard InChI is InChI=1S/C15H29N3O/c1-16-12-13-8-5-6-9-14(13)15(19)18(4)11-7-10-17(2)3/h5-6,13-14,16H,7-12H2,1-4H3. The van der Waals surface area contributed by atoms with Crippen LogP contribution in [0.5, 0.6) is 0 Å². The Kier molecular flexibility index (Phi) is 7.10. The van der Waals surface area contributed by atoms with Crippen LogP contribution in [0.3, 0.4) is 0 Å². The van der Waals surface area contributed by atoms with Crippen LogP contribution in [-0.2, 0) is 4.79 Å². The first-order valence-electron chi connectivity index (χ1n) is 7.25. The van der Waals surface area contributed by atoms with Crippen molar-refractivity contribution in [2.45, 2.75) is 19.3 Å². The van der Waals surface area contributed by atoms with Crippen molar-refractivity contribution in [3.05, 3.63) is 12.2 Å². The topological polar surface area (TPSA) is 35.6 Å². The van der Waals surface area contributed by atoms with E-state index < -0.39 is 0 Å². The van der Waals surface area contributed by atoms with Crippen molar-refractivity contribution < 1.29 is 4.79 Å². The summed E-state index contributed by atoms with van der Waals surface area (Å²) < 4.78 is 0. The van der Waals surface area contributed by atoms with E-state index in [0.717, 1.165) is 38.9 Å². The number of carbonyl (C=O) groups is 1. The molecule has 1 aliphatic rings. The van der Waals surface area contributed by atoms with Crippen molar-refractivity contribution in [1.29, 1.82) is 0 Å². The van der Waals surface area contributed by atoms with Gasteiger partial charge in [-0.25, -0.2) is 0 Å². The molecule has 0 bridgehead atoms. The van der Waals surface area contributed by atoms with Gasteiger partial charge in [-0.05, 0) is 59.4 Å². The minimum absolute atomic E-state index is 0.154. The summed E-state index contributed by atoms with van der Waals surface area (Å²) in [6, 6.07) is 0. The fraction of sp³-hybridized carbons (Fsp3) is 0.800. The summed E-state index contributed by atoms with van der Waals surface area (Å²) in [6.45, 7) is 2.80. The summed E-state index contributed by atoms with van der Waals surface area (Å²) in [5.74, 6) is 0.906. The normalized spacial score (nSPS) is 22.8. The summed E-state index contributed by atoms with van der Waals surface area (Å²) in [7, 11) is 8.03. The average Bonchev–Trinajstić information content (AvgIpc) is 2.38. The molecule has 0 aromatic rings. The summed E-state index contributed by atoms with van der Waals surface area (Å²) >= 11 is 0. The van der Waals surface area contributed by atoms with Gasteiger partial charge >= 0.3 is 0 Å². The number of nitrogens with one attached hydrogen (secondary N) is 1. The number of hydrogen-bond acceptors (Lipinski definition) is 3. The summed E-state index contributed by atoms with van der Waals surface area (Å²) in [4.78, 5) is 16.6. The molecule has 2 unspecified atom stereocenters. The minimum atomic E-state index is 0.154. The predicted molar refractivity (Wildman–Crippen MR) is 80.1 cm³/mol. The Bertz CT molecular complexity index is 302. The molecule has 0 aromatic heterocycles. The zero-order valence-corrected chi connectivity index (χ0v) is 12.9. The molecular weight excluding hydrogens is 238 g/mol. The van der Waals surface area contributed by atoms with E-state index in [1.165, 1.54) is 0 Å². The van der Waals surface area contributed by atoms with Crippen LogP contribution in [-0.4, -0.2) is 63.5 Å². The number of carbonyl (C=O) groups excluding carboxylic acids is 1. The van der Waals surface area contributed by atoms with Gasteiger partial charge in [-0.15, -0.1) is 0 Å². The van der Waals surface area contributed by atoms with Crippen molar-refractivity contribution in [3.63, 3.8) is 0 Å². The molecule has 1 rings (SSSR count). The summed E-state index contributed by atoms with van der Waals surface area (Å²) in [5, 5.41) is 3.21. The van der Waals surface area contributed by atoms with E-state index in [2.05, 4.69) is 36.5 Å². The number of rotatable bonds is 7. The first-order valence-corrected chi connectivity index (χ1v) is 7.25. The number of amides is 1. The fourth-order valence-electron chi connectivity index (χ4n) is 2.68. The van der Waals surface area contributed by atoms with Crippen LogP contribution in [0.2, 0.25) is 0 Å². The van der Waals surface area contributed by atoms with E-state index in [-0.39, 0.29) is 5.92 Å². The largest absolute Gasteiger partial charge is 0.345 e. The van der Waals surface area contributed by atoms with Gasteiger partial charge in [0.2, 0.25) is 5.91 Å². The molecule has 4 heteroatoms. The van der Waals surface area contributed by atoms with Crippen molar-refractivity contribution in [1.82, 2.24) is 15.1 Å². The van der Waals surface area contributed by atoms with E-state index in [1.807, 2.05) is 19.0 Å². The Balaban J connectivity index is 2.47. The van der Waals surface area contributed by atoms with E-state index in [1.54, 1.807) is 0 Å². The molecule has 0 heterocycles. The van der Waals surface area contributed by atoms with Gasteiger partial charge in [0.25, 0.3) is 0 Å². The molecule has 0 spiro atoms. The molecule has 19 heavy (non-hydrogen) atoms. The molecule has 2 atom stereocenters. The highest BCUT2D eigenvalue weighted by atomic mass is 16.2. The van der Waals surface area contributed by atoms with Crippen molar-refractivity contribution in [3.8, 4) is 0 Å². The fourth-order valence-corrected chi connectivity index (χ4v) is 2.68. The smallest absolute Gasteiger partial charge is 0.226 e. The van der Waals surface area contributed by atoms with Gasteiger partial charge in [-0.3, -0.25) is 4.79 Å². The second-order valence-electron chi connectivity index (χ2n) is 5.78. The zero-order chi connectivity index (χ0) is 14.3. The van der Waals surface area contributed by atoms with Crippen molar-refractivity contribution in [2.24, 2.45) is 11.8 Å². The Morgan fingerprint density at radius 1 is 1.21 bits per heavy atom. The SMILES string of the molecule is CNCC1CC=CCC1C(=O)N(C)CCCN(C)C. The molecule has 1 amide bonds. The third-order valence-electron chi connectivity index (χ3n) is 3.82. The Morgan fingerprint density at radius 3 is 2.53 bits per heavy atom. The van der Waals surface area contributed by atoms with Gasteiger partial charge in [0.05, 0.1) is 0 Å². The van der Waals surface area contributed by atoms with Gasteiger partial charge < -0.3 is 15.1 Å². The maximum Gasteiger partial charge on any atom is 0.226 e. The summed E-state index contributed by atoms with van der Waals surface area (Å²) in [6.07, 6.45) is 7.31. The lowest BCUT2D eigenvalue weighted by Crippen LogP contribution is -2.40. The third-order valence-corrected chi connectivity index (χ3v) is 3.82. The van der Waals surface area contributed by atoms with Crippen LogP contribution >= 0.6 is 0 Å². The highest BCUT2D eigenvalue weighted by molar-refractivity contribution is 5.79. The van der Waals surface area contributed by atoms with Crippen molar-refractivity contribution >= 4 is 5.91 Å². The molecule has 110 valence electrons. The van der Waals surface area contributed by atoms with E-state index in [9.17, 15) is 4.79 Å². The van der Waals surface area contributed by atoms with Gasteiger partial charge in [-0.1, -0.05) is 12.2 Å². The van der Waals surface area contributed by atoms with Gasteiger partial charge in [-0.2, -0.15) is 0 Å². The second-order valence-corrected chi connectivity index (χ2v) is 5.78. The van der Waals surface area contributed by atoms with Gasteiger partial charge in [0, 0.05) is 19.5 Å². The zero-order valence-electron chi connectivity index (χ0n) is 12.9. The second kappa shape index (κ2) is 8.33. The number of allylic oxidation sites excluding steroid dienone is 2. The van der Waals surface area contributed by atoms with Crippen LogP contribution in [0.1, 0.15) is 19.3 Å². The molecule has 0 radical (unpaired) electrons. The maximum absolute atomic E-state index is 12.5. The highest BCUT2D eigenvalue weighted by Crippen LogP contribution is 2.26. The van der Waals surface area contributed by atoms with Gasteiger partial charge in [0.1, 0.15) is 0 Å². The van der Waals surface area contributed by atoms with Crippen LogP contribution in [0.4, 0.5) is 0 Å². The molecule has 0 saturated carbocycles. The van der Waals surface area contributed by atoms with Crippen LogP contribution in [0, 0.1) is 11.8 Å². The van der Waals surface area contributed by atoms with E-state index >= 15 is 0 Å². The molecular formula is C15H29N3O. The molecule has 0 saturated heterocycles. The first kappa shape index (κ1) is 16.2. The third kappa shape index (κ3) is 5.33. The first-order chi connectivity index (χ1) is 9.06. The lowest BCUT2D eigenvalue weighted by atomic mass is 9.82. The molecule has 4 nitrogen and oxygen atoms in total. The van der Waals surface area contributed by atoms with Crippen molar-refractivity contribution in [2.75, 3.05) is 47.8 Å². The lowest BCUT2D eigenvalue weighted by Gasteiger charge is -2.31. The minimum Gasteiger partial charge on any atom is -0.345 e. The molecule has 0 aromatic carbocycles. The molecule has 1 aliphatic carbocycles. The monoisotopic (exact) mass is 267 g/mol. The molecule has 0 aliphatic heterocycles. The van der Waals surface area contributed by atoms with E-state index in [0.29, 0.717) is 11.8 Å². The molecule has 1 N–H and O–H groups in total. The van der Waals surface area contributed by atoms with Crippen LogP contribution < -0.4 is 5.32 Å². The molecule has 0 fully saturated rings. The van der Waals surface area contributed by atoms with Crippen LogP contribution in [0.15, 0.2) is 12.2 Å². The van der Waals surface area contributed by atoms with Gasteiger partial charge in [0.15, 0.2) is 0 Å². The van der Waals surface area contributed by atoms with E-state index in [4.69, 9.17) is 0 Å².